The van der Waals surface area contributed by atoms with E-state index in [4.69, 9.17) is 4.98 Å². The summed E-state index contributed by atoms with van der Waals surface area (Å²) in [5, 5.41) is 6.01. The summed E-state index contributed by atoms with van der Waals surface area (Å²) in [6.45, 7) is 5.24. The number of nitrogens with zero attached hydrogens (tertiary/aromatic N) is 3. The molecule has 5 heteroatoms. The molecule has 28 heavy (non-hydrogen) atoms. The summed E-state index contributed by atoms with van der Waals surface area (Å²) < 4.78 is 3.27. The third kappa shape index (κ3) is 3.34. The Hall–Kier alpha value is -2.21. The molecule has 0 atom stereocenters. The van der Waals surface area contributed by atoms with Crippen molar-refractivity contribution in [2.75, 3.05) is 26.2 Å². The van der Waals surface area contributed by atoms with Crippen LogP contribution in [0.15, 0.2) is 65.3 Å². The molecule has 2 aromatic carbocycles. The highest BCUT2D eigenvalue weighted by atomic mass is 79.9. The van der Waals surface area contributed by atoms with Gasteiger partial charge in [-0.25, -0.2) is 4.98 Å². The number of hydrogen-bond acceptors (Lipinski definition) is 3. The van der Waals surface area contributed by atoms with E-state index in [9.17, 15) is 0 Å². The second kappa shape index (κ2) is 7.66. The summed E-state index contributed by atoms with van der Waals surface area (Å²) in [6, 6.07) is 19.3. The minimum Gasteiger partial charge on any atom is -0.315 e. The molecule has 1 N–H and O–H groups in total. The summed E-state index contributed by atoms with van der Waals surface area (Å²) in [5.41, 5.74) is 4.49. The number of imidazole rings is 1. The number of benzene rings is 2. The molecule has 0 saturated carbocycles. The van der Waals surface area contributed by atoms with Crippen LogP contribution in [0.4, 0.5) is 0 Å². The Bertz CT molecular complexity index is 1130. The van der Waals surface area contributed by atoms with Gasteiger partial charge in [0.25, 0.3) is 0 Å². The van der Waals surface area contributed by atoms with Crippen molar-refractivity contribution in [3.8, 4) is 11.3 Å². The Morgan fingerprint density at radius 2 is 1.86 bits per heavy atom. The number of aromatic nitrogens is 2. The van der Waals surface area contributed by atoms with Gasteiger partial charge in [-0.15, -0.1) is 0 Å². The first-order chi connectivity index (χ1) is 13.8. The van der Waals surface area contributed by atoms with Gasteiger partial charge in [0.15, 0.2) is 5.65 Å². The molecule has 142 valence electrons. The highest BCUT2D eigenvalue weighted by Gasteiger charge is 2.19. The lowest BCUT2D eigenvalue weighted by molar-refractivity contribution is 0.281. The van der Waals surface area contributed by atoms with Gasteiger partial charge in [0, 0.05) is 31.4 Å². The largest absolute Gasteiger partial charge is 0.315 e. The van der Waals surface area contributed by atoms with E-state index >= 15 is 0 Å². The number of pyridine rings is 1. The zero-order valence-corrected chi connectivity index (χ0v) is 17.3. The topological polar surface area (TPSA) is 32.6 Å². The second-order valence-corrected chi connectivity index (χ2v) is 8.25. The fraction of sp³-hybridized carbons (Fsp3) is 0.261. The normalized spacial score (nSPS) is 15.9. The minimum atomic E-state index is 0.904. The van der Waals surface area contributed by atoms with Gasteiger partial charge in [-0.1, -0.05) is 36.4 Å². The van der Waals surface area contributed by atoms with Gasteiger partial charge in [0.05, 0.1) is 15.9 Å². The smallest absolute Gasteiger partial charge is 0.152 e. The molecule has 4 nitrogen and oxygen atoms in total. The molecule has 1 saturated heterocycles. The molecule has 3 heterocycles. The maximum Gasteiger partial charge on any atom is 0.152 e. The van der Waals surface area contributed by atoms with Crippen molar-refractivity contribution < 1.29 is 0 Å². The van der Waals surface area contributed by atoms with Gasteiger partial charge < -0.3 is 9.72 Å². The molecular formula is C23H23BrN4. The maximum absolute atomic E-state index is 5.05. The third-order valence-electron chi connectivity index (χ3n) is 5.53. The lowest BCUT2D eigenvalue weighted by Gasteiger charge is -2.20. The highest BCUT2D eigenvalue weighted by Crippen LogP contribution is 2.31. The Labute approximate surface area is 173 Å². The average Bonchev–Trinajstić information content (AvgIpc) is 2.90. The zero-order chi connectivity index (χ0) is 18.9. The molecule has 4 aromatic rings. The molecule has 1 aliphatic rings. The third-order valence-corrected chi connectivity index (χ3v) is 6.15. The number of rotatable bonds is 3. The zero-order valence-electron chi connectivity index (χ0n) is 15.7. The van der Waals surface area contributed by atoms with Crippen LogP contribution >= 0.6 is 15.9 Å². The van der Waals surface area contributed by atoms with E-state index in [0.29, 0.717) is 0 Å². The summed E-state index contributed by atoms with van der Waals surface area (Å²) in [5.74, 6) is 0. The van der Waals surface area contributed by atoms with Crippen LogP contribution in [0.3, 0.4) is 0 Å². The highest BCUT2D eigenvalue weighted by molar-refractivity contribution is 9.10. The Morgan fingerprint density at radius 3 is 2.79 bits per heavy atom. The summed E-state index contributed by atoms with van der Waals surface area (Å²) in [4.78, 5) is 7.59. The molecular weight excluding hydrogens is 412 g/mol. The van der Waals surface area contributed by atoms with Crippen molar-refractivity contribution >= 4 is 32.3 Å². The fourth-order valence-electron chi connectivity index (χ4n) is 4.07. The lowest BCUT2D eigenvalue weighted by Crippen LogP contribution is -2.28. The van der Waals surface area contributed by atoms with Crippen molar-refractivity contribution in [2.24, 2.45) is 0 Å². The van der Waals surface area contributed by atoms with Gasteiger partial charge in [0.1, 0.15) is 0 Å². The molecule has 1 aliphatic heterocycles. The SMILES string of the molecule is Brc1cccn2c(CN3CCCNCC3)c(-c3ccc4ccccc4c3)nc12. The molecule has 2 aromatic heterocycles. The molecule has 1 fully saturated rings. The van der Waals surface area contributed by atoms with Crippen LogP contribution in [0, 0.1) is 0 Å². The van der Waals surface area contributed by atoms with Crippen molar-refractivity contribution in [1.82, 2.24) is 19.6 Å². The first-order valence-electron chi connectivity index (χ1n) is 9.87. The van der Waals surface area contributed by atoms with Crippen LogP contribution < -0.4 is 5.32 Å². The molecule has 0 radical (unpaired) electrons. The quantitative estimate of drug-likeness (QED) is 0.506. The van der Waals surface area contributed by atoms with Crippen LogP contribution in [0.2, 0.25) is 0 Å². The van der Waals surface area contributed by atoms with Gasteiger partial charge in [-0.3, -0.25) is 4.90 Å². The summed E-state index contributed by atoms with van der Waals surface area (Å²) in [6.07, 6.45) is 3.31. The second-order valence-electron chi connectivity index (χ2n) is 7.40. The standard InChI is InChI=1S/C23H23BrN4/c24-20-7-3-13-28-21(16-27-12-4-10-25-11-14-27)22(26-23(20)28)19-9-8-17-5-1-2-6-18(17)15-19/h1-3,5-9,13,15,25H,4,10-12,14,16H2. The van der Waals surface area contributed by atoms with E-state index in [2.05, 4.69) is 91.3 Å². The van der Waals surface area contributed by atoms with E-state index < -0.39 is 0 Å². The van der Waals surface area contributed by atoms with Gasteiger partial charge in [-0.2, -0.15) is 0 Å². The van der Waals surface area contributed by atoms with Crippen molar-refractivity contribution in [2.45, 2.75) is 13.0 Å². The van der Waals surface area contributed by atoms with Crippen molar-refractivity contribution in [3.63, 3.8) is 0 Å². The first-order valence-corrected chi connectivity index (χ1v) is 10.7. The fourth-order valence-corrected chi connectivity index (χ4v) is 4.51. The Balaban J connectivity index is 1.64. The van der Waals surface area contributed by atoms with E-state index in [0.717, 1.165) is 48.5 Å². The monoisotopic (exact) mass is 434 g/mol. The van der Waals surface area contributed by atoms with E-state index in [1.807, 2.05) is 0 Å². The number of halogens is 1. The Morgan fingerprint density at radius 1 is 0.964 bits per heavy atom. The molecule has 0 spiro atoms. The van der Waals surface area contributed by atoms with Crippen molar-refractivity contribution in [1.29, 1.82) is 0 Å². The van der Waals surface area contributed by atoms with Crippen LogP contribution in [0.25, 0.3) is 27.7 Å². The summed E-state index contributed by atoms with van der Waals surface area (Å²) in [7, 11) is 0. The molecule has 5 rings (SSSR count). The Kier molecular flexibility index (Phi) is 4.89. The minimum absolute atomic E-state index is 0.904. The maximum atomic E-state index is 5.05. The molecule has 0 unspecified atom stereocenters. The molecule has 0 amide bonds. The van der Waals surface area contributed by atoms with E-state index in [1.165, 1.54) is 28.5 Å². The summed E-state index contributed by atoms with van der Waals surface area (Å²) >= 11 is 3.69. The van der Waals surface area contributed by atoms with Gasteiger partial charge >= 0.3 is 0 Å². The average molecular weight is 435 g/mol. The van der Waals surface area contributed by atoms with Crippen LogP contribution in [0.1, 0.15) is 12.1 Å². The number of nitrogens with one attached hydrogen (secondary N) is 1. The van der Waals surface area contributed by atoms with E-state index in [-0.39, 0.29) is 0 Å². The number of fused-ring (bicyclic) bond motifs is 2. The first kappa shape index (κ1) is 17.9. The molecule has 0 aliphatic carbocycles. The predicted molar refractivity (Wildman–Crippen MR) is 119 cm³/mol. The van der Waals surface area contributed by atoms with E-state index in [1.54, 1.807) is 0 Å². The van der Waals surface area contributed by atoms with Crippen LogP contribution in [0.5, 0.6) is 0 Å². The predicted octanol–water partition coefficient (Wildman–Crippen LogP) is 4.71. The lowest BCUT2D eigenvalue weighted by atomic mass is 10.0. The van der Waals surface area contributed by atoms with Gasteiger partial charge in [0.2, 0.25) is 0 Å². The van der Waals surface area contributed by atoms with Crippen LogP contribution in [-0.2, 0) is 6.54 Å². The van der Waals surface area contributed by atoms with Crippen molar-refractivity contribution in [3.05, 3.63) is 71.0 Å². The molecule has 0 bridgehead atoms. The van der Waals surface area contributed by atoms with Gasteiger partial charge in [-0.05, 0) is 64.4 Å². The number of hydrogen-bond donors (Lipinski definition) is 1. The van der Waals surface area contributed by atoms with Crippen LogP contribution in [-0.4, -0.2) is 40.5 Å².